The van der Waals surface area contributed by atoms with Gasteiger partial charge in [-0.3, -0.25) is 4.98 Å². The molecule has 3 heterocycles. The first-order valence-electron chi connectivity index (χ1n) is 10.1. The summed E-state index contributed by atoms with van der Waals surface area (Å²) >= 11 is 0. The van der Waals surface area contributed by atoms with Gasteiger partial charge in [0.1, 0.15) is 12.8 Å². The molecule has 3 heteroatoms. The third kappa shape index (κ3) is 2.72. The van der Waals surface area contributed by atoms with E-state index in [9.17, 15) is 0 Å². The molecule has 0 bridgehead atoms. The summed E-state index contributed by atoms with van der Waals surface area (Å²) in [7, 11) is 2.10. The van der Waals surface area contributed by atoms with Gasteiger partial charge in [0.05, 0.1) is 11.1 Å². The molecule has 0 amide bonds. The Labute approximate surface area is 171 Å². The van der Waals surface area contributed by atoms with Crippen LogP contribution in [-0.2, 0) is 7.05 Å². The lowest BCUT2D eigenvalue weighted by molar-refractivity contribution is -0.660. The fourth-order valence-corrected chi connectivity index (χ4v) is 4.31. The molecule has 0 fully saturated rings. The zero-order valence-electron chi connectivity index (χ0n) is 17.6. The average Bonchev–Trinajstić information content (AvgIpc) is 2.71. The normalized spacial score (nSPS) is 12.2. The molecule has 1 aliphatic rings. The molecular formula is C26H25N2O+. The number of benzene rings is 2. The smallest absolute Gasteiger partial charge is 0.256 e. The van der Waals surface area contributed by atoms with Crippen LogP contribution in [0.4, 0.5) is 0 Å². The Morgan fingerprint density at radius 1 is 0.966 bits per heavy atom. The Hall–Kier alpha value is -3.20. The summed E-state index contributed by atoms with van der Waals surface area (Å²) in [6.07, 6.45) is 4.14. The van der Waals surface area contributed by atoms with Crippen molar-refractivity contribution in [2.75, 3.05) is 0 Å². The maximum Gasteiger partial charge on any atom is 0.256 e. The van der Waals surface area contributed by atoms with E-state index in [0.717, 1.165) is 34.0 Å². The van der Waals surface area contributed by atoms with E-state index in [1.807, 2.05) is 6.20 Å². The number of pyridine rings is 2. The molecule has 0 N–H and O–H groups in total. The molecule has 5 rings (SSSR count). The molecule has 0 radical (unpaired) electrons. The first-order valence-corrected chi connectivity index (χ1v) is 10.1. The number of rotatable bonds is 2. The van der Waals surface area contributed by atoms with Crippen molar-refractivity contribution < 1.29 is 9.30 Å². The summed E-state index contributed by atoms with van der Waals surface area (Å²) in [5.74, 6) is 2.25. The lowest BCUT2D eigenvalue weighted by atomic mass is 9.90. The van der Waals surface area contributed by atoms with E-state index >= 15 is 0 Å². The predicted molar refractivity (Wildman–Crippen MR) is 117 cm³/mol. The maximum absolute atomic E-state index is 6.41. The van der Waals surface area contributed by atoms with Gasteiger partial charge < -0.3 is 4.74 Å². The molecule has 0 atom stereocenters. The minimum absolute atomic E-state index is 0.426. The van der Waals surface area contributed by atoms with Crippen LogP contribution in [0.25, 0.3) is 33.2 Å². The van der Waals surface area contributed by atoms with Crippen LogP contribution in [0.3, 0.4) is 0 Å². The predicted octanol–water partition coefficient (Wildman–Crippen LogP) is 6.24. The summed E-state index contributed by atoms with van der Waals surface area (Å²) in [5, 5.41) is 2.43. The highest BCUT2D eigenvalue weighted by Crippen LogP contribution is 2.47. The van der Waals surface area contributed by atoms with Crippen molar-refractivity contribution in [3.05, 3.63) is 71.7 Å². The summed E-state index contributed by atoms with van der Waals surface area (Å²) in [6.45, 7) is 8.72. The van der Waals surface area contributed by atoms with Crippen LogP contribution >= 0.6 is 0 Å². The highest BCUT2D eigenvalue weighted by molar-refractivity contribution is 6.04. The second-order valence-corrected chi connectivity index (χ2v) is 8.33. The van der Waals surface area contributed by atoms with Crippen LogP contribution in [0.5, 0.6) is 11.5 Å². The highest BCUT2D eigenvalue weighted by Gasteiger charge is 2.30. The second kappa shape index (κ2) is 6.41. The fraction of sp³-hybridized carbons (Fsp3) is 0.231. The molecule has 4 aromatic rings. The fourth-order valence-electron chi connectivity index (χ4n) is 4.31. The van der Waals surface area contributed by atoms with Gasteiger partial charge in [-0.15, -0.1) is 0 Å². The van der Waals surface area contributed by atoms with Crippen molar-refractivity contribution in [2.45, 2.75) is 33.6 Å². The van der Waals surface area contributed by atoms with Crippen molar-refractivity contribution in [2.24, 2.45) is 7.05 Å². The van der Waals surface area contributed by atoms with Crippen LogP contribution in [0.15, 0.2) is 54.9 Å². The lowest BCUT2D eigenvalue weighted by Crippen LogP contribution is -2.32. The molecule has 1 aliphatic heterocycles. The minimum atomic E-state index is 0.426. The average molecular weight is 381 g/mol. The number of ether oxygens (including phenoxy) is 1. The van der Waals surface area contributed by atoms with Crippen molar-refractivity contribution in [3.63, 3.8) is 0 Å². The zero-order valence-corrected chi connectivity index (χ0v) is 17.6. The Morgan fingerprint density at radius 2 is 1.79 bits per heavy atom. The zero-order chi connectivity index (χ0) is 20.3. The first kappa shape index (κ1) is 17.9. The molecule has 0 aliphatic carbocycles. The molecule has 144 valence electrons. The Balaban J connectivity index is 1.73. The Kier molecular flexibility index (Phi) is 3.95. The number of hydrogen-bond acceptors (Lipinski definition) is 2. The minimum Gasteiger partial charge on any atom is -0.450 e. The van der Waals surface area contributed by atoms with E-state index in [1.165, 1.54) is 27.5 Å². The number of aromatic nitrogens is 2. The van der Waals surface area contributed by atoms with Crippen molar-refractivity contribution in [3.8, 4) is 33.9 Å². The van der Waals surface area contributed by atoms with Crippen LogP contribution in [0.1, 0.15) is 36.6 Å². The van der Waals surface area contributed by atoms with E-state index in [2.05, 4.69) is 93.0 Å². The summed E-state index contributed by atoms with van der Waals surface area (Å²) in [5.41, 5.74) is 8.33. The molecular weight excluding hydrogens is 356 g/mol. The van der Waals surface area contributed by atoms with E-state index < -0.39 is 0 Å². The van der Waals surface area contributed by atoms with Gasteiger partial charge in [-0.05, 0) is 48.4 Å². The number of fused-ring (bicyclic) bond motifs is 2. The largest absolute Gasteiger partial charge is 0.450 e. The van der Waals surface area contributed by atoms with Gasteiger partial charge in [-0.1, -0.05) is 38.1 Å². The Bertz CT molecular complexity index is 1270. The molecule has 0 saturated carbocycles. The first-order chi connectivity index (χ1) is 13.9. The standard InChI is InChI=1S/C26H25N2O/c1-15(2)21-10-9-19(13-27-21)20-12-23-26(28(5)14-20)24-17(4)16(3)11-18-7-6-8-22(29-23)25(18)24/h6-15H,1-5H3/q+1. The maximum atomic E-state index is 6.41. The molecule has 2 aromatic heterocycles. The third-order valence-corrected chi connectivity index (χ3v) is 6.02. The molecule has 0 saturated heterocycles. The molecule has 3 nitrogen and oxygen atoms in total. The van der Waals surface area contributed by atoms with E-state index in [0.29, 0.717) is 5.92 Å². The summed E-state index contributed by atoms with van der Waals surface area (Å²) in [6, 6.07) is 15.0. The monoisotopic (exact) mass is 381 g/mol. The molecule has 0 unspecified atom stereocenters. The summed E-state index contributed by atoms with van der Waals surface area (Å²) in [4.78, 5) is 4.64. The topological polar surface area (TPSA) is 26.0 Å². The summed E-state index contributed by atoms with van der Waals surface area (Å²) < 4.78 is 8.60. The van der Waals surface area contributed by atoms with Gasteiger partial charge in [0.2, 0.25) is 0 Å². The molecule has 29 heavy (non-hydrogen) atoms. The number of hydrogen-bond donors (Lipinski definition) is 0. The van der Waals surface area contributed by atoms with E-state index in [1.54, 1.807) is 0 Å². The van der Waals surface area contributed by atoms with E-state index in [4.69, 9.17) is 4.74 Å². The van der Waals surface area contributed by atoms with Crippen LogP contribution in [-0.4, -0.2) is 4.98 Å². The van der Waals surface area contributed by atoms with Crippen molar-refractivity contribution in [1.82, 2.24) is 4.98 Å². The number of nitrogens with zero attached hydrogens (tertiary/aromatic N) is 2. The van der Waals surface area contributed by atoms with E-state index in [-0.39, 0.29) is 0 Å². The van der Waals surface area contributed by atoms with Crippen molar-refractivity contribution >= 4 is 10.8 Å². The molecule has 0 spiro atoms. The van der Waals surface area contributed by atoms with Crippen LogP contribution < -0.4 is 9.30 Å². The SMILES string of the molecule is Cc1cc2cccc3c2c(c1C)-c1c(cc(-c2ccc(C(C)C)nc2)c[n+]1C)O3. The van der Waals surface area contributed by atoms with Gasteiger partial charge in [0, 0.05) is 28.9 Å². The van der Waals surface area contributed by atoms with Gasteiger partial charge in [0.15, 0.2) is 11.9 Å². The van der Waals surface area contributed by atoms with Gasteiger partial charge in [-0.2, -0.15) is 4.57 Å². The van der Waals surface area contributed by atoms with Gasteiger partial charge in [0.25, 0.3) is 5.69 Å². The highest BCUT2D eigenvalue weighted by atomic mass is 16.5. The second-order valence-electron chi connectivity index (χ2n) is 8.33. The molecule has 2 aromatic carbocycles. The van der Waals surface area contributed by atoms with Crippen LogP contribution in [0, 0.1) is 13.8 Å². The Morgan fingerprint density at radius 3 is 2.52 bits per heavy atom. The third-order valence-electron chi connectivity index (χ3n) is 6.02. The van der Waals surface area contributed by atoms with Gasteiger partial charge in [-0.25, -0.2) is 0 Å². The number of aryl methyl sites for hydroxylation is 2. The lowest BCUT2D eigenvalue weighted by Gasteiger charge is -2.22. The van der Waals surface area contributed by atoms with Gasteiger partial charge >= 0.3 is 0 Å². The van der Waals surface area contributed by atoms with Crippen molar-refractivity contribution in [1.29, 1.82) is 0 Å². The quantitative estimate of drug-likeness (QED) is 0.338. The van der Waals surface area contributed by atoms with Crippen LogP contribution in [0.2, 0.25) is 0 Å².